The Morgan fingerprint density at radius 3 is 2.12 bits per heavy atom. The predicted octanol–water partition coefficient (Wildman–Crippen LogP) is 3.70. The lowest BCUT2D eigenvalue weighted by molar-refractivity contribution is 0.0934. The molecule has 2 rings (SSSR count). The molecule has 2 aromatic carbocycles. The first-order chi connectivity index (χ1) is 12.2. The van der Waals surface area contributed by atoms with E-state index in [-0.39, 0.29) is 22.3 Å². The predicted molar refractivity (Wildman–Crippen MR) is 110 cm³/mol. The molecule has 0 heterocycles. The summed E-state index contributed by atoms with van der Waals surface area (Å²) in [5.74, 6) is -0.721. The Balaban J connectivity index is 1.90. The molecule has 2 amide bonds. The summed E-state index contributed by atoms with van der Waals surface area (Å²) >= 11 is 8.35. The fourth-order valence-electron chi connectivity index (χ4n) is 2.15. The zero-order chi connectivity index (χ0) is 19.3. The highest BCUT2D eigenvalue weighted by atomic mass is 79.9. The van der Waals surface area contributed by atoms with E-state index in [9.17, 15) is 9.59 Å². The van der Waals surface area contributed by atoms with E-state index >= 15 is 0 Å². The van der Waals surface area contributed by atoms with Crippen LogP contribution in [0.25, 0.3) is 0 Å². The van der Waals surface area contributed by atoms with E-state index in [1.165, 1.54) is 0 Å². The minimum Gasteiger partial charge on any atom is -0.298 e. The molecular weight excluding hydrogens is 414 g/mol. The minimum atomic E-state index is -0.372. The molecule has 0 unspecified atom stereocenters. The zero-order valence-electron chi connectivity index (χ0n) is 14.7. The smallest absolute Gasteiger partial charge is 0.270 e. The molecule has 0 saturated carbocycles. The van der Waals surface area contributed by atoms with E-state index in [1.54, 1.807) is 30.3 Å². The van der Waals surface area contributed by atoms with Gasteiger partial charge in [0.05, 0.1) is 5.56 Å². The van der Waals surface area contributed by atoms with Crippen molar-refractivity contribution in [3.63, 3.8) is 0 Å². The standard InChI is InChI=1S/C19H20BrN3O2S/c1-19(2,3)13-10-8-12(9-11-13)16(24)21-18(26)23-22-17(25)14-6-4-5-7-15(14)20/h4-11H,1-3H3,(H,22,25)(H2,21,23,24,26). The molecule has 0 aromatic heterocycles. The topological polar surface area (TPSA) is 70.2 Å². The van der Waals surface area contributed by atoms with Crippen LogP contribution in [0.5, 0.6) is 0 Å². The number of hydrogen-bond donors (Lipinski definition) is 3. The third-order valence-corrected chi connectivity index (χ3v) is 4.54. The number of amides is 2. The number of hydrogen-bond acceptors (Lipinski definition) is 3. The summed E-state index contributed by atoms with van der Waals surface area (Å²) < 4.78 is 0.660. The van der Waals surface area contributed by atoms with Crippen molar-refractivity contribution in [3.05, 3.63) is 69.7 Å². The van der Waals surface area contributed by atoms with Crippen molar-refractivity contribution in [2.24, 2.45) is 0 Å². The van der Waals surface area contributed by atoms with Crippen LogP contribution in [0, 0.1) is 0 Å². The number of nitrogens with one attached hydrogen (secondary N) is 3. The van der Waals surface area contributed by atoms with Crippen LogP contribution in [-0.2, 0) is 5.41 Å². The summed E-state index contributed by atoms with van der Waals surface area (Å²) in [5, 5.41) is 2.54. The summed E-state index contributed by atoms with van der Waals surface area (Å²) in [6, 6.07) is 14.3. The second-order valence-electron chi connectivity index (χ2n) is 6.67. The second kappa shape index (κ2) is 8.42. The van der Waals surface area contributed by atoms with Crippen LogP contribution in [0.4, 0.5) is 0 Å². The third kappa shape index (κ3) is 5.37. The molecule has 0 fully saturated rings. The fourth-order valence-corrected chi connectivity index (χ4v) is 2.76. The van der Waals surface area contributed by atoms with Crippen LogP contribution < -0.4 is 16.2 Å². The monoisotopic (exact) mass is 433 g/mol. The van der Waals surface area contributed by atoms with Gasteiger partial charge in [-0.1, -0.05) is 45.0 Å². The highest BCUT2D eigenvalue weighted by Crippen LogP contribution is 2.22. The lowest BCUT2D eigenvalue weighted by atomic mass is 9.87. The molecule has 0 aliphatic carbocycles. The van der Waals surface area contributed by atoms with E-state index in [4.69, 9.17) is 12.2 Å². The van der Waals surface area contributed by atoms with E-state index < -0.39 is 0 Å². The van der Waals surface area contributed by atoms with Crippen LogP contribution in [0.15, 0.2) is 53.0 Å². The number of carbonyl (C=O) groups is 2. The maximum Gasteiger partial charge on any atom is 0.270 e. The Morgan fingerprint density at radius 2 is 1.54 bits per heavy atom. The summed E-state index contributed by atoms with van der Waals surface area (Å²) in [4.78, 5) is 24.3. The third-order valence-electron chi connectivity index (χ3n) is 3.65. The normalized spacial score (nSPS) is 10.8. The fraction of sp³-hybridized carbons (Fsp3) is 0.211. The lowest BCUT2D eigenvalue weighted by Crippen LogP contribution is -2.48. The Bertz CT molecular complexity index is 829. The molecule has 7 heteroatoms. The van der Waals surface area contributed by atoms with Gasteiger partial charge in [0.1, 0.15) is 0 Å². The zero-order valence-corrected chi connectivity index (χ0v) is 17.1. The van der Waals surface area contributed by atoms with Crippen LogP contribution >= 0.6 is 28.1 Å². The van der Waals surface area contributed by atoms with Crippen molar-refractivity contribution in [1.29, 1.82) is 0 Å². The molecule has 0 spiro atoms. The number of halogens is 1. The largest absolute Gasteiger partial charge is 0.298 e. The van der Waals surface area contributed by atoms with Gasteiger partial charge in [0, 0.05) is 10.0 Å². The Morgan fingerprint density at radius 1 is 0.923 bits per heavy atom. The van der Waals surface area contributed by atoms with Crippen molar-refractivity contribution in [3.8, 4) is 0 Å². The Kier molecular flexibility index (Phi) is 6.50. The van der Waals surface area contributed by atoms with Gasteiger partial charge in [0.2, 0.25) is 0 Å². The van der Waals surface area contributed by atoms with Gasteiger partial charge < -0.3 is 0 Å². The maximum atomic E-state index is 12.2. The highest BCUT2D eigenvalue weighted by Gasteiger charge is 2.15. The highest BCUT2D eigenvalue weighted by molar-refractivity contribution is 9.10. The van der Waals surface area contributed by atoms with Gasteiger partial charge in [0.25, 0.3) is 11.8 Å². The summed E-state index contributed by atoms with van der Waals surface area (Å²) in [7, 11) is 0. The molecule has 0 bridgehead atoms. The van der Waals surface area contributed by atoms with Crippen LogP contribution in [0.3, 0.4) is 0 Å². The molecule has 26 heavy (non-hydrogen) atoms. The van der Waals surface area contributed by atoms with Crippen LogP contribution in [0.1, 0.15) is 47.1 Å². The van der Waals surface area contributed by atoms with Crippen molar-refractivity contribution in [2.75, 3.05) is 0 Å². The number of hydrazine groups is 1. The van der Waals surface area contributed by atoms with Crippen molar-refractivity contribution >= 4 is 45.1 Å². The van der Waals surface area contributed by atoms with Gasteiger partial charge in [-0.2, -0.15) is 0 Å². The molecule has 2 aromatic rings. The summed E-state index contributed by atoms with van der Waals surface area (Å²) in [6.07, 6.45) is 0. The average molecular weight is 434 g/mol. The van der Waals surface area contributed by atoms with E-state index in [1.807, 2.05) is 18.2 Å². The van der Waals surface area contributed by atoms with Crippen molar-refractivity contribution in [2.45, 2.75) is 26.2 Å². The number of rotatable bonds is 2. The molecular formula is C19H20BrN3O2S. The second-order valence-corrected chi connectivity index (χ2v) is 7.93. The van der Waals surface area contributed by atoms with E-state index in [0.717, 1.165) is 5.56 Å². The molecule has 136 valence electrons. The van der Waals surface area contributed by atoms with Gasteiger partial charge in [-0.15, -0.1) is 0 Å². The number of thiocarbonyl (C=S) groups is 1. The quantitative estimate of drug-likeness (QED) is 0.498. The minimum absolute atomic E-state index is 0.00954. The lowest BCUT2D eigenvalue weighted by Gasteiger charge is -2.19. The van der Waals surface area contributed by atoms with Gasteiger partial charge in [-0.3, -0.25) is 25.8 Å². The SMILES string of the molecule is CC(C)(C)c1ccc(C(=O)NC(=S)NNC(=O)c2ccccc2Br)cc1. The molecule has 0 aliphatic heterocycles. The van der Waals surface area contributed by atoms with Crippen molar-refractivity contribution < 1.29 is 9.59 Å². The first-order valence-electron chi connectivity index (χ1n) is 7.95. The molecule has 0 radical (unpaired) electrons. The Hall–Kier alpha value is -2.25. The first-order valence-corrected chi connectivity index (χ1v) is 9.15. The number of carbonyl (C=O) groups excluding carboxylic acids is 2. The maximum absolute atomic E-state index is 12.2. The van der Waals surface area contributed by atoms with Crippen molar-refractivity contribution in [1.82, 2.24) is 16.2 Å². The molecule has 0 aliphatic rings. The van der Waals surface area contributed by atoms with E-state index in [2.05, 4.69) is 52.9 Å². The first kappa shape index (κ1) is 20.1. The molecule has 0 saturated heterocycles. The average Bonchev–Trinajstić information content (AvgIpc) is 2.59. The van der Waals surface area contributed by atoms with Gasteiger partial charge in [0.15, 0.2) is 5.11 Å². The molecule has 5 nitrogen and oxygen atoms in total. The van der Waals surface area contributed by atoms with Gasteiger partial charge in [-0.05, 0) is 63.4 Å². The molecule has 0 atom stereocenters. The molecule has 3 N–H and O–H groups in total. The summed E-state index contributed by atoms with van der Waals surface area (Å²) in [6.45, 7) is 6.32. The van der Waals surface area contributed by atoms with Gasteiger partial charge in [-0.25, -0.2) is 0 Å². The van der Waals surface area contributed by atoms with Crippen LogP contribution in [0.2, 0.25) is 0 Å². The van der Waals surface area contributed by atoms with Crippen LogP contribution in [-0.4, -0.2) is 16.9 Å². The summed E-state index contributed by atoms with van der Waals surface area (Å²) in [5.41, 5.74) is 7.06. The Labute approximate surface area is 166 Å². The van der Waals surface area contributed by atoms with E-state index in [0.29, 0.717) is 15.6 Å². The number of benzene rings is 2. The van der Waals surface area contributed by atoms with Gasteiger partial charge >= 0.3 is 0 Å².